The summed E-state index contributed by atoms with van der Waals surface area (Å²) < 4.78 is 0. The predicted octanol–water partition coefficient (Wildman–Crippen LogP) is 2.63. The summed E-state index contributed by atoms with van der Waals surface area (Å²) in [5.74, 6) is 0.594. The summed E-state index contributed by atoms with van der Waals surface area (Å²) in [6, 6.07) is 10.5. The molecular formula is C19H28N2O2. The average molecular weight is 316 g/mol. The van der Waals surface area contributed by atoms with Crippen molar-refractivity contribution in [3.63, 3.8) is 0 Å². The number of carbonyl (C=O) groups excluding carboxylic acids is 2. The molecule has 1 aromatic rings. The smallest absolute Gasteiger partial charge is 0.241 e. The lowest BCUT2D eigenvalue weighted by molar-refractivity contribution is -0.136. The summed E-state index contributed by atoms with van der Waals surface area (Å²) in [4.78, 5) is 25.9. The maximum Gasteiger partial charge on any atom is 0.241 e. The normalized spacial score (nSPS) is 16.2. The van der Waals surface area contributed by atoms with Crippen molar-refractivity contribution in [2.24, 2.45) is 11.3 Å². The van der Waals surface area contributed by atoms with Gasteiger partial charge in [-0.3, -0.25) is 9.59 Å². The van der Waals surface area contributed by atoms with E-state index in [0.717, 1.165) is 32.4 Å². The van der Waals surface area contributed by atoms with Crippen LogP contribution in [0.4, 0.5) is 0 Å². The van der Waals surface area contributed by atoms with Crippen molar-refractivity contribution in [1.82, 2.24) is 10.2 Å². The van der Waals surface area contributed by atoms with Gasteiger partial charge in [-0.1, -0.05) is 51.1 Å². The zero-order valence-corrected chi connectivity index (χ0v) is 14.5. The van der Waals surface area contributed by atoms with Crippen LogP contribution in [0.1, 0.15) is 39.2 Å². The number of nitrogens with one attached hydrogen (secondary N) is 1. The van der Waals surface area contributed by atoms with Gasteiger partial charge in [0.1, 0.15) is 0 Å². The van der Waals surface area contributed by atoms with Crippen molar-refractivity contribution in [2.45, 2.75) is 40.0 Å². The quantitative estimate of drug-likeness (QED) is 0.928. The number of likely N-dealkylation sites (tertiary alicyclic amines) is 1. The molecule has 1 fully saturated rings. The molecule has 1 N–H and O–H groups in total. The lowest BCUT2D eigenvalue weighted by Crippen LogP contribution is -2.46. The second-order valence-electron chi connectivity index (χ2n) is 7.45. The van der Waals surface area contributed by atoms with Gasteiger partial charge < -0.3 is 10.2 Å². The first-order valence-electron chi connectivity index (χ1n) is 8.46. The van der Waals surface area contributed by atoms with Crippen LogP contribution in [0.3, 0.4) is 0 Å². The standard InChI is InChI=1S/C19H28N2O2/c1-19(2,3)18(23)20-14-17(22)21-11-9-16(10-12-21)13-15-7-5-4-6-8-15/h4-8,16H,9-14H2,1-3H3,(H,20,23). The lowest BCUT2D eigenvalue weighted by Gasteiger charge is -2.32. The summed E-state index contributed by atoms with van der Waals surface area (Å²) in [5, 5.41) is 2.74. The van der Waals surface area contributed by atoms with Crippen LogP contribution in [0, 0.1) is 11.3 Å². The molecule has 1 aliphatic heterocycles. The average Bonchev–Trinajstić information content (AvgIpc) is 2.53. The Morgan fingerprint density at radius 2 is 1.74 bits per heavy atom. The molecule has 2 amide bonds. The molecule has 2 rings (SSSR count). The highest BCUT2D eigenvalue weighted by Gasteiger charge is 2.25. The molecule has 1 aromatic carbocycles. The van der Waals surface area contributed by atoms with Crippen molar-refractivity contribution in [2.75, 3.05) is 19.6 Å². The number of hydrogen-bond acceptors (Lipinski definition) is 2. The molecule has 0 unspecified atom stereocenters. The number of benzene rings is 1. The van der Waals surface area contributed by atoms with Crippen molar-refractivity contribution < 1.29 is 9.59 Å². The Morgan fingerprint density at radius 1 is 1.13 bits per heavy atom. The van der Waals surface area contributed by atoms with Gasteiger partial charge in [0.2, 0.25) is 11.8 Å². The molecule has 4 nitrogen and oxygen atoms in total. The Morgan fingerprint density at radius 3 is 2.30 bits per heavy atom. The minimum Gasteiger partial charge on any atom is -0.347 e. The summed E-state index contributed by atoms with van der Waals surface area (Å²) >= 11 is 0. The van der Waals surface area contributed by atoms with Crippen LogP contribution in [0.25, 0.3) is 0 Å². The topological polar surface area (TPSA) is 49.4 Å². The van der Waals surface area contributed by atoms with Gasteiger partial charge in [-0.15, -0.1) is 0 Å². The van der Waals surface area contributed by atoms with Crippen LogP contribution in [-0.4, -0.2) is 36.3 Å². The first kappa shape index (κ1) is 17.5. The van der Waals surface area contributed by atoms with E-state index in [9.17, 15) is 9.59 Å². The van der Waals surface area contributed by atoms with E-state index in [1.807, 2.05) is 31.7 Å². The van der Waals surface area contributed by atoms with Crippen molar-refractivity contribution >= 4 is 11.8 Å². The van der Waals surface area contributed by atoms with Crippen LogP contribution in [0.5, 0.6) is 0 Å². The highest BCUT2D eigenvalue weighted by molar-refractivity contribution is 5.87. The zero-order chi connectivity index (χ0) is 16.9. The van der Waals surface area contributed by atoms with Gasteiger partial charge in [-0.2, -0.15) is 0 Å². The number of amides is 2. The Labute approximate surface area is 139 Å². The van der Waals surface area contributed by atoms with Gasteiger partial charge >= 0.3 is 0 Å². The SMILES string of the molecule is CC(C)(C)C(=O)NCC(=O)N1CCC(Cc2ccccc2)CC1. The fraction of sp³-hybridized carbons (Fsp3) is 0.579. The molecule has 0 saturated carbocycles. The number of piperidine rings is 1. The Kier molecular flexibility index (Phi) is 5.80. The molecule has 126 valence electrons. The fourth-order valence-corrected chi connectivity index (χ4v) is 2.87. The number of carbonyl (C=O) groups is 2. The van der Waals surface area contributed by atoms with Crippen LogP contribution < -0.4 is 5.32 Å². The molecule has 0 spiro atoms. The summed E-state index contributed by atoms with van der Waals surface area (Å²) in [6.07, 6.45) is 3.16. The number of rotatable bonds is 4. The molecular weight excluding hydrogens is 288 g/mol. The zero-order valence-electron chi connectivity index (χ0n) is 14.5. The van der Waals surface area contributed by atoms with E-state index in [-0.39, 0.29) is 18.4 Å². The Bertz CT molecular complexity index is 526. The summed E-state index contributed by atoms with van der Waals surface area (Å²) in [7, 11) is 0. The lowest BCUT2D eigenvalue weighted by atomic mass is 9.90. The molecule has 0 atom stereocenters. The first-order chi connectivity index (χ1) is 10.9. The van der Waals surface area contributed by atoms with Gasteiger partial charge in [0.25, 0.3) is 0 Å². The molecule has 1 heterocycles. The van der Waals surface area contributed by atoms with Gasteiger partial charge in [0.15, 0.2) is 0 Å². The fourth-order valence-electron chi connectivity index (χ4n) is 2.87. The largest absolute Gasteiger partial charge is 0.347 e. The van der Waals surface area contributed by atoms with E-state index >= 15 is 0 Å². The minimum atomic E-state index is -0.455. The van der Waals surface area contributed by atoms with Gasteiger partial charge in [0, 0.05) is 18.5 Å². The van der Waals surface area contributed by atoms with Crippen molar-refractivity contribution in [3.8, 4) is 0 Å². The Hall–Kier alpha value is -1.84. The summed E-state index contributed by atoms with van der Waals surface area (Å²) in [5.41, 5.74) is 0.915. The van der Waals surface area contributed by atoms with E-state index in [1.54, 1.807) is 0 Å². The molecule has 1 saturated heterocycles. The van der Waals surface area contributed by atoms with Crippen molar-refractivity contribution in [1.29, 1.82) is 0 Å². The third-order valence-corrected chi connectivity index (χ3v) is 4.42. The monoisotopic (exact) mass is 316 g/mol. The van der Waals surface area contributed by atoms with Crippen LogP contribution in [0.2, 0.25) is 0 Å². The maximum absolute atomic E-state index is 12.2. The molecule has 0 radical (unpaired) electrons. The van der Waals surface area contributed by atoms with Gasteiger partial charge in [0.05, 0.1) is 6.54 Å². The van der Waals surface area contributed by atoms with Crippen molar-refractivity contribution in [3.05, 3.63) is 35.9 Å². The third-order valence-electron chi connectivity index (χ3n) is 4.42. The first-order valence-corrected chi connectivity index (χ1v) is 8.46. The second-order valence-corrected chi connectivity index (χ2v) is 7.45. The Balaban J connectivity index is 1.73. The van der Waals surface area contributed by atoms with Crippen LogP contribution in [-0.2, 0) is 16.0 Å². The third kappa shape index (κ3) is 5.38. The number of nitrogens with zero attached hydrogens (tertiary/aromatic N) is 1. The molecule has 1 aliphatic rings. The molecule has 0 bridgehead atoms. The van der Waals surface area contributed by atoms with E-state index < -0.39 is 5.41 Å². The molecule has 23 heavy (non-hydrogen) atoms. The van der Waals surface area contributed by atoms with E-state index in [4.69, 9.17) is 0 Å². The van der Waals surface area contributed by atoms with E-state index in [0.29, 0.717) is 5.92 Å². The van der Waals surface area contributed by atoms with Gasteiger partial charge in [-0.05, 0) is 30.7 Å². The maximum atomic E-state index is 12.2. The highest BCUT2D eigenvalue weighted by Crippen LogP contribution is 2.21. The van der Waals surface area contributed by atoms with Gasteiger partial charge in [-0.25, -0.2) is 0 Å². The van der Waals surface area contributed by atoms with Crippen LogP contribution >= 0.6 is 0 Å². The minimum absolute atomic E-state index is 0.0285. The van der Waals surface area contributed by atoms with Crippen LogP contribution in [0.15, 0.2) is 30.3 Å². The van der Waals surface area contributed by atoms with E-state index in [2.05, 4.69) is 29.6 Å². The molecule has 0 aliphatic carbocycles. The molecule has 4 heteroatoms. The molecule has 0 aromatic heterocycles. The second kappa shape index (κ2) is 7.62. The predicted molar refractivity (Wildman–Crippen MR) is 91.9 cm³/mol. The van der Waals surface area contributed by atoms with E-state index in [1.165, 1.54) is 5.56 Å². The highest BCUT2D eigenvalue weighted by atomic mass is 16.2. The number of hydrogen-bond donors (Lipinski definition) is 1. The summed E-state index contributed by atoms with van der Waals surface area (Å²) in [6.45, 7) is 7.24.